The largest absolute Gasteiger partial charge is 0.308 e. The number of benzene rings is 5. The fourth-order valence-electron chi connectivity index (χ4n) is 5.85. The smallest absolute Gasteiger partial charge is 0.166 e. The Morgan fingerprint density at radius 1 is 0.511 bits per heavy atom. The maximum Gasteiger partial charge on any atom is 0.166 e. The standard InChI is InChI=1S/C39H24N6/c40-24-26-17-19-35-32(22-26)31-15-7-8-16-34(31)45(35)36-20-18-29(30-14-9-21-41-25-30)23-33(36)39-43-37(27-10-3-1-4-11-27)42-38(44-39)28-12-5-2-6-13-28/h1-23,25H. The number of rotatable bonds is 5. The Labute approximate surface area is 259 Å². The van der Waals surface area contributed by atoms with Crippen molar-refractivity contribution in [2.45, 2.75) is 0 Å². The summed E-state index contributed by atoms with van der Waals surface area (Å²) in [5, 5.41) is 11.8. The Kier molecular flexibility index (Phi) is 6.40. The monoisotopic (exact) mass is 576 g/mol. The van der Waals surface area contributed by atoms with Crippen LogP contribution in [0.3, 0.4) is 0 Å². The van der Waals surface area contributed by atoms with Crippen LogP contribution in [0.5, 0.6) is 0 Å². The molecular formula is C39H24N6. The predicted octanol–water partition coefficient (Wildman–Crippen LogP) is 8.90. The van der Waals surface area contributed by atoms with Crippen molar-refractivity contribution in [1.82, 2.24) is 24.5 Å². The van der Waals surface area contributed by atoms with E-state index in [1.165, 1.54) is 0 Å². The third kappa shape index (κ3) is 4.69. The first-order valence-corrected chi connectivity index (χ1v) is 14.6. The highest BCUT2D eigenvalue weighted by molar-refractivity contribution is 6.10. The van der Waals surface area contributed by atoms with Gasteiger partial charge in [0.15, 0.2) is 17.5 Å². The van der Waals surface area contributed by atoms with Crippen molar-refractivity contribution in [3.63, 3.8) is 0 Å². The van der Waals surface area contributed by atoms with Crippen molar-refractivity contribution in [3.05, 3.63) is 151 Å². The maximum absolute atomic E-state index is 9.68. The number of hydrogen-bond acceptors (Lipinski definition) is 5. The lowest BCUT2D eigenvalue weighted by atomic mass is 10.0. The molecule has 0 N–H and O–H groups in total. The predicted molar refractivity (Wildman–Crippen MR) is 178 cm³/mol. The highest BCUT2D eigenvalue weighted by Crippen LogP contribution is 2.38. The lowest BCUT2D eigenvalue weighted by molar-refractivity contribution is 1.06. The summed E-state index contributed by atoms with van der Waals surface area (Å²) in [4.78, 5) is 19.5. The second-order valence-corrected chi connectivity index (χ2v) is 10.7. The zero-order chi connectivity index (χ0) is 30.2. The Morgan fingerprint density at radius 3 is 1.84 bits per heavy atom. The van der Waals surface area contributed by atoms with Crippen LogP contribution in [0.4, 0.5) is 0 Å². The Bertz CT molecular complexity index is 2320. The van der Waals surface area contributed by atoms with E-state index in [2.05, 4.69) is 46.0 Å². The zero-order valence-electron chi connectivity index (χ0n) is 24.0. The molecule has 45 heavy (non-hydrogen) atoms. The van der Waals surface area contributed by atoms with Gasteiger partial charge in [-0.05, 0) is 48.0 Å². The molecule has 6 nitrogen and oxygen atoms in total. The van der Waals surface area contributed by atoms with Gasteiger partial charge in [-0.1, -0.05) is 91.0 Å². The Hall–Kier alpha value is -6.45. The topological polar surface area (TPSA) is 80.3 Å². The molecule has 0 radical (unpaired) electrons. The third-order valence-electron chi connectivity index (χ3n) is 7.97. The number of nitriles is 1. The van der Waals surface area contributed by atoms with Crippen molar-refractivity contribution >= 4 is 21.8 Å². The summed E-state index contributed by atoms with van der Waals surface area (Å²) in [6.45, 7) is 0. The average Bonchev–Trinajstić information content (AvgIpc) is 3.45. The summed E-state index contributed by atoms with van der Waals surface area (Å²) >= 11 is 0. The van der Waals surface area contributed by atoms with Crippen molar-refractivity contribution in [2.24, 2.45) is 0 Å². The van der Waals surface area contributed by atoms with E-state index in [0.29, 0.717) is 23.0 Å². The van der Waals surface area contributed by atoms with Crippen molar-refractivity contribution in [2.75, 3.05) is 0 Å². The fourth-order valence-corrected chi connectivity index (χ4v) is 5.85. The molecule has 8 rings (SSSR count). The summed E-state index contributed by atoms with van der Waals surface area (Å²) < 4.78 is 2.24. The minimum absolute atomic E-state index is 0.558. The van der Waals surface area contributed by atoms with Crippen molar-refractivity contribution < 1.29 is 0 Å². The molecule has 0 aliphatic rings. The molecular weight excluding hydrogens is 552 g/mol. The zero-order valence-corrected chi connectivity index (χ0v) is 24.0. The molecule has 3 aromatic heterocycles. The van der Waals surface area contributed by atoms with Gasteiger partial charge in [-0.3, -0.25) is 4.98 Å². The van der Waals surface area contributed by atoms with E-state index in [9.17, 15) is 5.26 Å². The summed E-state index contributed by atoms with van der Waals surface area (Å²) in [5.74, 6) is 1.75. The van der Waals surface area contributed by atoms with Gasteiger partial charge in [0.25, 0.3) is 0 Å². The average molecular weight is 577 g/mol. The number of nitrogens with zero attached hydrogens (tertiary/aromatic N) is 6. The van der Waals surface area contributed by atoms with Crippen LogP contribution in [0.25, 0.3) is 72.8 Å². The lowest BCUT2D eigenvalue weighted by Crippen LogP contribution is -2.04. The van der Waals surface area contributed by atoms with Gasteiger partial charge in [-0.15, -0.1) is 0 Å². The normalized spacial score (nSPS) is 11.1. The fraction of sp³-hybridized carbons (Fsp3) is 0. The highest BCUT2D eigenvalue weighted by Gasteiger charge is 2.20. The first-order chi connectivity index (χ1) is 22.3. The van der Waals surface area contributed by atoms with Gasteiger partial charge in [0.05, 0.1) is 28.4 Å². The van der Waals surface area contributed by atoms with E-state index in [0.717, 1.165) is 55.3 Å². The SMILES string of the molecule is N#Cc1ccc2c(c1)c1ccccc1n2-c1ccc(-c2cccnc2)cc1-c1nc(-c2ccccc2)nc(-c2ccccc2)n1. The van der Waals surface area contributed by atoms with E-state index in [1.54, 1.807) is 6.20 Å². The van der Waals surface area contributed by atoms with Gasteiger partial charge < -0.3 is 4.57 Å². The molecule has 0 aliphatic heterocycles. The van der Waals surface area contributed by atoms with Crippen LogP contribution < -0.4 is 0 Å². The molecule has 6 heteroatoms. The van der Waals surface area contributed by atoms with Crippen LogP contribution in [0.15, 0.2) is 146 Å². The molecule has 0 amide bonds. The molecule has 0 unspecified atom stereocenters. The van der Waals surface area contributed by atoms with Gasteiger partial charge >= 0.3 is 0 Å². The molecule has 0 saturated heterocycles. The molecule has 0 spiro atoms. The van der Waals surface area contributed by atoms with E-state index in [4.69, 9.17) is 15.0 Å². The molecule has 0 bridgehead atoms. The molecule has 0 aliphatic carbocycles. The van der Waals surface area contributed by atoms with Crippen LogP contribution in [-0.4, -0.2) is 24.5 Å². The first kappa shape index (κ1) is 26.2. The van der Waals surface area contributed by atoms with Crippen molar-refractivity contribution in [3.8, 4) is 57.0 Å². The molecule has 3 heterocycles. The lowest BCUT2D eigenvalue weighted by Gasteiger charge is -2.16. The summed E-state index contributed by atoms with van der Waals surface area (Å²) in [5.41, 5.74) is 8.21. The summed E-state index contributed by atoms with van der Waals surface area (Å²) in [7, 11) is 0. The maximum atomic E-state index is 9.68. The second kappa shape index (κ2) is 11.0. The quantitative estimate of drug-likeness (QED) is 0.204. The van der Waals surface area contributed by atoms with Crippen LogP contribution >= 0.6 is 0 Å². The number of aromatic nitrogens is 5. The number of para-hydroxylation sites is 1. The molecule has 8 aromatic rings. The molecule has 0 fully saturated rings. The van der Waals surface area contributed by atoms with E-state index < -0.39 is 0 Å². The minimum Gasteiger partial charge on any atom is -0.308 e. The Balaban J connectivity index is 1.46. The number of fused-ring (bicyclic) bond motifs is 3. The van der Waals surface area contributed by atoms with Crippen molar-refractivity contribution in [1.29, 1.82) is 5.26 Å². The minimum atomic E-state index is 0.558. The van der Waals surface area contributed by atoms with Crippen LogP contribution in [0.2, 0.25) is 0 Å². The third-order valence-corrected chi connectivity index (χ3v) is 7.97. The number of pyridine rings is 1. The number of hydrogen-bond donors (Lipinski definition) is 0. The van der Waals surface area contributed by atoms with Gasteiger partial charge in [-0.2, -0.15) is 5.26 Å². The molecule has 0 saturated carbocycles. The summed E-state index contributed by atoms with van der Waals surface area (Å²) in [6.07, 6.45) is 3.64. The highest BCUT2D eigenvalue weighted by atomic mass is 15.1. The molecule has 5 aromatic carbocycles. The van der Waals surface area contributed by atoms with Crippen LogP contribution in [0, 0.1) is 11.3 Å². The molecule has 0 atom stereocenters. The van der Waals surface area contributed by atoms with Crippen LogP contribution in [0.1, 0.15) is 5.56 Å². The molecule has 210 valence electrons. The van der Waals surface area contributed by atoms with E-state index in [1.807, 2.05) is 109 Å². The van der Waals surface area contributed by atoms with E-state index >= 15 is 0 Å². The second-order valence-electron chi connectivity index (χ2n) is 10.7. The van der Waals surface area contributed by atoms with Gasteiger partial charge in [-0.25, -0.2) is 15.0 Å². The van der Waals surface area contributed by atoms with Gasteiger partial charge in [0, 0.05) is 45.4 Å². The first-order valence-electron chi connectivity index (χ1n) is 14.6. The summed E-state index contributed by atoms with van der Waals surface area (Å²) in [6, 6.07) is 46.8. The Morgan fingerprint density at radius 2 is 1.16 bits per heavy atom. The van der Waals surface area contributed by atoms with Gasteiger partial charge in [0.2, 0.25) is 0 Å². The van der Waals surface area contributed by atoms with Gasteiger partial charge in [0.1, 0.15) is 0 Å². The van der Waals surface area contributed by atoms with E-state index in [-0.39, 0.29) is 0 Å². The van der Waals surface area contributed by atoms with Crippen LogP contribution in [-0.2, 0) is 0 Å².